The zero-order chi connectivity index (χ0) is 18.1. The topological polar surface area (TPSA) is 106 Å². The SMILES string of the molecule is CC(NC(=O)Nc1cc2[nH]nc(N3CC(O)C3)c2cn1)c1ccccc1. The molecule has 1 aliphatic heterocycles. The van der Waals surface area contributed by atoms with Crippen molar-refractivity contribution in [1.29, 1.82) is 0 Å². The molecular weight excluding hydrogens is 332 g/mol. The molecular formula is C18H20N6O2. The van der Waals surface area contributed by atoms with Gasteiger partial charge >= 0.3 is 6.03 Å². The Balaban J connectivity index is 1.43. The van der Waals surface area contributed by atoms with Gasteiger partial charge in [-0.25, -0.2) is 9.78 Å². The second kappa shape index (κ2) is 6.64. The number of hydrogen-bond donors (Lipinski definition) is 4. The number of nitrogens with zero attached hydrogens (tertiary/aromatic N) is 3. The van der Waals surface area contributed by atoms with Crippen molar-refractivity contribution in [3.05, 3.63) is 48.2 Å². The fourth-order valence-corrected chi connectivity index (χ4v) is 3.01. The minimum absolute atomic E-state index is 0.114. The summed E-state index contributed by atoms with van der Waals surface area (Å²) in [5.74, 6) is 1.21. The predicted octanol–water partition coefficient (Wildman–Crippen LogP) is 2.02. The first-order valence-corrected chi connectivity index (χ1v) is 8.50. The van der Waals surface area contributed by atoms with Crippen LogP contribution < -0.4 is 15.5 Å². The van der Waals surface area contributed by atoms with E-state index in [4.69, 9.17) is 0 Å². The molecule has 1 aliphatic rings. The molecule has 0 aliphatic carbocycles. The molecule has 4 N–H and O–H groups in total. The summed E-state index contributed by atoms with van der Waals surface area (Å²) in [6.45, 7) is 3.06. The number of H-pyrrole nitrogens is 1. The molecule has 1 atom stereocenters. The third-order valence-electron chi connectivity index (χ3n) is 4.48. The molecule has 134 valence electrons. The molecule has 8 heteroatoms. The molecule has 0 radical (unpaired) electrons. The van der Waals surface area contributed by atoms with Crippen LogP contribution in [0.5, 0.6) is 0 Å². The normalized spacial score (nSPS) is 15.5. The number of amides is 2. The van der Waals surface area contributed by atoms with Crippen LogP contribution >= 0.6 is 0 Å². The predicted molar refractivity (Wildman–Crippen MR) is 99.1 cm³/mol. The Kier molecular flexibility index (Phi) is 4.18. The monoisotopic (exact) mass is 352 g/mol. The quantitative estimate of drug-likeness (QED) is 0.575. The van der Waals surface area contributed by atoms with Crippen LogP contribution in [0.15, 0.2) is 42.6 Å². The maximum absolute atomic E-state index is 12.2. The number of rotatable bonds is 4. The summed E-state index contributed by atoms with van der Waals surface area (Å²) in [5, 5.41) is 23.2. The van der Waals surface area contributed by atoms with Crippen LogP contribution in [0.3, 0.4) is 0 Å². The van der Waals surface area contributed by atoms with Gasteiger partial charge in [0, 0.05) is 25.4 Å². The van der Waals surface area contributed by atoms with Crippen molar-refractivity contribution >= 4 is 28.6 Å². The summed E-state index contributed by atoms with van der Waals surface area (Å²) >= 11 is 0. The van der Waals surface area contributed by atoms with Gasteiger partial charge in [0.1, 0.15) is 5.82 Å². The first-order chi connectivity index (χ1) is 12.6. The van der Waals surface area contributed by atoms with Crippen molar-refractivity contribution in [2.24, 2.45) is 0 Å². The number of aliphatic hydroxyl groups excluding tert-OH is 1. The average Bonchev–Trinajstić information content (AvgIpc) is 3.02. The van der Waals surface area contributed by atoms with Gasteiger partial charge in [-0.05, 0) is 12.5 Å². The number of nitrogens with one attached hydrogen (secondary N) is 3. The van der Waals surface area contributed by atoms with Crippen LogP contribution in [0.2, 0.25) is 0 Å². The Labute approximate surface area is 150 Å². The van der Waals surface area contributed by atoms with E-state index in [1.165, 1.54) is 0 Å². The van der Waals surface area contributed by atoms with Gasteiger partial charge in [0.15, 0.2) is 5.82 Å². The van der Waals surface area contributed by atoms with Crippen molar-refractivity contribution in [2.45, 2.75) is 19.1 Å². The maximum atomic E-state index is 12.2. The molecule has 0 bridgehead atoms. The number of aromatic nitrogens is 3. The largest absolute Gasteiger partial charge is 0.389 e. The maximum Gasteiger partial charge on any atom is 0.320 e. The van der Waals surface area contributed by atoms with Gasteiger partial charge in [-0.2, -0.15) is 5.10 Å². The molecule has 3 heterocycles. The van der Waals surface area contributed by atoms with Gasteiger partial charge in [0.2, 0.25) is 0 Å². The van der Waals surface area contributed by atoms with Crippen molar-refractivity contribution < 1.29 is 9.90 Å². The van der Waals surface area contributed by atoms with Gasteiger partial charge in [-0.1, -0.05) is 30.3 Å². The summed E-state index contributed by atoms with van der Waals surface area (Å²) < 4.78 is 0. The first-order valence-electron chi connectivity index (χ1n) is 8.50. The summed E-state index contributed by atoms with van der Waals surface area (Å²) in [7, 11) is 0. The lowest BCUT2D eigenvalue weighted by Crippen LogP contribution is -2.51. The zero-order valence-electron chi connectivity index (χ0n) is 14.3. The van der Waals surface area contributed by atoms with Crippen LogP contribution in [-0.4, -0.2) is 45.5 Å². The minimum Gasteiger partial charge on any atom is -0.389 e. The van der Waals surface area contributed by atoms with Gasteiger partial charge in [-0.15, -0.1) is 0 Å². The van der Waals surface area contributed by atoms with E-state index in [2.05, 4.69) is 25.8 Å². The highest BCUT2D eigenvalue weighted by Crippen LogP contribution is 2.28. The fraction of sp³-hybridized carbons (Fsp3) is 0.278. The van der Waals surface area contributed by atoms with E-state index in [9.17, 15) is 9.90 Å². The smallest absolute Gasteiger partial charge is 0.320 e. The molecule has 26 heavy (non-hydrogen) atoms. The Bertz CT molecular complexity index is 920. The van der Waals surface area contributed by atoms with E-state index in [-0.39, 0.29) is 18.2 Å². The lowest BCUT2D eigenvalue weighted by molar-refractivity contribution is 0.141. The molecule has 1 unspecified atom stereocenters. The highest BCUT2D eigenvalue weighted by atomic mass is 16.3. The highest BCUT2D eigenvalue weighted by molar-refractivity contribution is 5.94. The molecule has 0 spiro atoms. The molecule has 4 rings (SSSR count). The Morgan fingerprint density at radius 1 is 1.35 bits per heavy atom. The summed E-state index contributed by atoms with van der Waals surface area (Å²) in [6.07, 6.45) is 1.38. The van der Waals surface area contributed by atoms with Crippen LogP contribution in [0, 0.1) is 0 Å². The number of anilines is 2. The standard InChI is InChI=1S/C18H20N6O2/c1-11(12-5-3-2-4-6-12)20-18(26)21-16-7-15-14(8-19-16)17(23-22-15)24-9-13(25)10-24/h2-8,11,13,25H,9-10H2,1H3,(H,22,23)(H2,19,20,21,26). The van der Waals surface area contributed by atoms with Crippen molar-refractivity contribution in [2.75, 3.05) is 23.3 Å². The van der Waals surface area contributed by atoms with E-state index in [0.29, 0.717) is 18.9 Å². The molecule has 1 aromatic carbocycles. The number of benzene rings is 1. The molecule has 2 aromatic heterocycles. The lowest BCUT2D eigenvalue weighted by Gasteiger charge is -2.36. The second-order valence-corrected chi connectivity index (χ2v) is 6.45. The zero-order valence-corrected chi connectivity index (χ0v) is 14.3. The molecule has 1 fully saturated rings. The van der Waals surface area contributed by atoms with Gasteiger partial charge in [-0.3, -0.25) is 10.4 Å². The van der Waals surface area contributed by atoms with Crippen LogP contribution in [0.4, 0.5) is 16.4 Å². The number of aliphatic hydroxyl groups is 1. The van der Waals surface area contributed by atoms with Crippen molar-refractivity contribution in [3.8, 4) is 0 Å². The number of aromatic amines is 1. The number of carbonyl (C=O) groups is 1. The molecule has 0 saturated carbocycles. The van der Waals surface area contributed by atoms with Crippen LogP contribution in [0.25, 0.3) is 10.9 Å². The van der Waals surface area contributed by atoms with Gasteiger partial charge in [0.25, 0.3) is 0 Å². The molecule has 8 nitrogen and oxygen atoms in total. The number of carbonyl (C=O) groups excluding carboxylic acids is 1. The second-order valence-electron chi connectivity index (χ2n) is 6.45. The molecule has 1 saturated heterocycles. The third kappa shape index (κ3) is 3.18. The van der Waals surface area contributed by atoms with Crippen molar-refractivity contribution in [3.63, 3.8) is 0 Å². The number of hydrogen-bond acceptors (Lipinski definition) is 5. The van der Waals surface area contributed by atoms with Crippen molar-refractivity contribution in [1.82, 2.24) is 20.5 Å². The summed E-state index contributed by atoms with van der Waals surface area (Å²) in [5.41, 5.74) is 1.81. The number of β-amino-alcohol motifs (C(OH)–C–C–N with tert-alkyl or cyclic N) is 1. The average molecular weight is 352 g/mol. The minimum atomic E-state index is -0.321. The molecule has 3 aromatic rings. The molecule has 2 amide bonds. The summed E-state index contributed by atoms with van der Waals surface area (Å²) in [6, 6.07) is 11.1. The highest BCUT2D eigenvalue weighted by Gasteiger charge is 2.27. The van der Waals surface area contributed by atoms with E-state index < -0.39 is 0 Å². The van der Waals surface area contributed by atoms with Gasteiger partial charge in [0.05, 0.1) is 23.0 Å². The third-order valence-corrected chi connectivity index (χ3v) is 4.48. The van der Waals surface area contributed by atoms with E-state index in [1.54, 1.807) is 12.3 Å². The Morgan fingerprint density at radius 2 is 2.12 bits per heavy atom. The van der Waals surface area contributed by atoms with Crippen LogP contribution in [-0.2, 0) is 0 Å². The number of fused-ring (bicyclic) bond motifs is 1. The number of urea groups is 1. The fourth-order valence-electron chi connectivity index (χ4n) is 3.01. The van der Waals surface area contributed by atoms with Crippen LogP contribution in [0.1, 0.15) is 18.5 Å². The number of pyridine rings is 1. The van der Waals surface area contributed by atoms with E-state index >= 15 is 0 Å². The Morgan fingerprint density at radius 3 is 2.85 bits per heavy atom. The van der Waals surface area contributed by atoms with Gasteiger partial charge < -0.3 is 15.3 Å². The van der Waals surface area contributed by atoms with E-state index in [1.807, 2.05) is 42.2 Å². The first kappa shape index (κ1) is 16.3. The lowest BCUT2D eigenvalue weighted by atomic mass is 10.1. The Hall–Kier alpha value is -3.13. The van der Waals surface area contributed by atoms with E-state index in [0.717, 1.165) is 22.3 Å². The summed E-state index contributed by atoms with van der Waals surface area (Å²) in [4.78, 5) is 18.5.